The van der Waals surface area contributed by atoms with E-state index in [0.717, 1.165) is 16.9 Å². The van der Waals surface area contributed by atoms with Crippen molar-refractivity contribution in [3.8, 4) is 17.2 Å². The quantitative estimate of drug-likeness (QED) is 0.816. The Labute approximate surface area is 133 Å². The molecule has 114 valence electrons. The molecule has 0 unspecified atom stereocenters. The van der Waals surface area contributed by atoms with Crippen molar-refractivity contribution in [2.24, 2.45) is 0 Å². The van der Waals surface area contributed by atoms with Gasteiger partial charge in [0, 0.05) is 11.6 Å². The Hall–Kier alpha value is -3.01. The van der Waals surface area contributed by atoms with E-state index >= 15 is 0 Å². The maximum absolute atomic E-state index is 12.4. The highest BCUT2D eigenvalue weighted by Crippen LogP contribution is 2.36. The number of phenolic OH excluding ortho intramolecular Hbond substituents is 1. The lowest BCUT2D eigenvalue weighted by Gasteiger charge is -2.22. The van der Waals surface area contributed by atoms with E-state index in [1.54, 1.807) is 12.1 Å². The summed E-state index contributed by atoms with van der Waals surface area (Å²) in [5.74, 6) is 1.33. The summed E-state index contributed by atoms with van der Waals surface area (Å²) in [7, 11) is 0. The molecule has 2 heterocycles. The Kier molecular flexibility index (Phi) is 2.98. The fourth-order valence-electron chi connectivity index (χ4n) is 2.75. The van der Waals surface area contributed by atoms with Gasteiger partial charge < -0.3 is 14.6 Å². The van der Waals surface area contributed by atoms with Gasteiger partial charge in [0.25, 0.3) is 0 Å². The first-order valence-corrected chi connectivity index (χ1v) is 7.36. The number of fused-ring (bicyclic) bond motifs is 2. The number of carbonyl (C=O) groups is 1. The molecule has 0 saturated carbocycles. The molecule has 0 radical (unpaired) electrons. The molecule has 0 amide bonds. The van der Waals surface area contributed by atoms with Gasteiger partial charge in [0.15, 0.2) is 5.76 Å². The average molecular weight is 306 g/mol. The van der Waals surface area contributed by atoms with Gasteiger partial charge in [-0.05, 0) is 42.8 Å². The number of phenols is 1. The van der Waals surface area contributed by atoms with Gasteiger partial charge >= 0.3 is 0 Å². The SMILES string of the molecule is C[C@H]1Oc2ccccc2C=C1C=C1Oc2cc(O)ccc2C1=O. The summed E-state index contributed by atoms with van der Waals surface area (Å²) >= 11 is 0. The van der Waals surface area contributed by atoms with Crippen LogP contribution in [0.15, 0.2) is 59.9 Å². The number of hydrogen-bond acceptors (Lipinski definition) is 4. The van der Waals surface area contributed by atoms with E-state index < -0.39 is 0 Å². The van der Waals surface area contributed by atoms with Gasteiger partial charge in [-0.15, -0.1) is 0 Å². The standard InChI is InChI=1S/C19H14O4/c1-11-13(8-12-4-2-3-5-16(12)22-11)9-18-19(21)15-7-6-14(20)10-17(15)23-18/h2-11,20H,1H3/t11-/m1/s1. The summed E-state index contributed by atoms with van der Waals surface area (Å²) < 4.78 is 11.5. The van der Waals surface area contributed by atoms with Crippen LogP contribution in [0.2, 0.25) is 0 Å². The molecular formula is C19H14O4. The zero-order chi connectivity index (χ0) is 16.0. The number of ketones is 1. The normalized spacial score (nSPS) is 20.4. The number of para-hydroxylation sites is 1. The highest BCUT2D eigenvalue weighted by molar-refractivity contribution is 6.12. The number of aromatic hydroxyl groups is 1. The maximum atomic E-state index is 12.4. The summed E-state index contributed by atoms with van der Waals surface area (Å²) in [6.45, 7) is 1.93. The number of benzene rings is 2. The van der Waals surface area contributed by atoms with Crippen LogP contribution in [0, 0.1) is 0 Å². The fraction of sp³-hybridized carbons (Fsp3) is 0.105. The van der Waals surface area contributed by atoms with E-state index in [4.69, 9.17) is 9.47 Å². The Morgan fingerprint density at radius 2 is 1.96 bits per heavy atom. The molecule has 1 atom stereocenters. The molecule has 23 heavy (non-hydrogen) atoms. The molecule has 2 aliphatic heterocycles. The van der Waals surface area contributed by atoms with Gasteiger partial charge in [-0.25, -0.2) is 0 Å². The largest absolute Gasteiger partial charge is 0.508 e. The van der Waals surface area contributed by atoms with Gasteiger partial charge in [-0.3, -0.25) is 4.79 Å². The van der Waals surface area contributed by atoms with E-state index in [2.05, 4.69) is 0 Å². The number of rotatable bonds is 1. The molecule has 4 rings (SSSR count). The van der Waals surface area contributed by atoms with Crippen molar-refractivity contribution in [2.45, 2.75) is 13.0 Å². The minimum atomic E-state index is -0.188. The molecule has 0 fully saturated rings. The summed E-state index contributed by atoms with van der Waals surface area (Å²) in [5.41, 5.74) is 2.29. The van der Waals surface area contributed by atoms with Gasteiger partial charge in [0.2, 0.25) is 5.78 Å². The Morgan fingerprint density at radius 3 is 2.83 bits per heavy atom. The van der Waals surface area contributed by atoms with Crippen LogP contribution in [0.25, 0.3) is 6.08 Å². The van der Waals surface area contributed by atoms with E-state index in [0.29, 0.717) is 11.3 Å². The smallest absolute Gasteiger partial charge is 0.231 e. The molecule has 0 aliphatic carbocycles. The maximum Gasteiger partial charge on any atom is 0.231 e. The first-order chi connectivity index (χ1) is 11.1. The van der Waals surface area contributed by atoms with Gasteiger partial charge in [-0.1, -0.05) is 18.2 Å². The number of Topliss-reactive ketones (excluding diaryl/α,β-unsaturated/α-hetero) is 1. The minimum absolute atomic E-state index is 0.0697. The molecule has 0 bridgehead atoms. The molecule has 0 saturated heterocycles. The number of hydrogen-bond donors (Lipinski definition) is 1. The van der Waals surface area contributed by atoms with Gasteiger partial charge in [0.1, 0.15) is 23.4 Å². The van der Waals surface area contributed by atoms with Crippen molar-refractivity contribution in [3.05, 3.63) is 71.0 Å². The first kappa shape index (κ1) is 13.6. The van der Waals surface area contributed by atoms with Gasteiger partial charge in [-0.2, -0.15) is 0 Å². The van der Waals surface area contributed by atoms with E-state index in [1.165, 1.54) is 12.1 Å². The van der Waals surface area contributed by atoms with Crippen molar-refractivity contribution in [3.63, 3.8) is 0 Å². The second-order valence-electron chi connectivity index (χ2n) is 5.56. The molecule has 2 aromatic rings. The van der Waals surface area contributed by atoms with Crippen LogP contribution >= 0.6 is 0 Å². The van der Waals surface area contributed by atoms with Crippen LogP contribution in [0.1, 0.15) is 22.8 Å². The molecule has 4 nitrogen and oxygen atoms in total. The van der Waals surface area contributed by atoms with Crippen molar-refractivity contribution < 1.29 is 19.4 Å². The monoisotopic (exact) mass is 306 g/mol. The minimum Gasteiger partial charge on any atom is -0.508 e. The van der Waals surface area contributed by atoms with E-state index in [-0.39, 0.29) is 23.4 Å². The van der Waals surface area contributed by atoms with Crippen LogP contribution in [0.5, 0.6) is 17.2 Å². The molecule has 2 aliphatic rings. The Balaban J connectivity index is 1.72. The predicted octanol–water partition coefficient (Wildman–Crippen LogP) is 3.72. The van der Waals surface area contributed by atoms with Crippen molar-refractivity contribution in [1.29, 1.82) is 0 Å². The van der Waals surface area contributed by atoms with Crippen LogP contribution < -0.4 is 9.47 Å². The molecular weight excluding hydrogens is 292 g/mol. The Bertz CT molecular complexity index is 877. The molecule has 1 N–H and O–H groups in total. The summed E-state index contributed by atoms with van der Waals surface area (Å²) in [4.78, 5) is 12.4. The van der Waals surface area contributed by atoms with Crippen LogP contribution in [0.4, 0.5) is 0 Å². The lowest BCUT2D eigenvalue weighted by atomic mass is 10.0. The van der Waals surface area contributed by atoms with Crippen molar-refractivity contribution in [2.75, 3.05) is 0 Å². The zero-order valence-electron chi connectivity index (χ0n) is 12.4. The third kappa shape index (κ3) is 2.28. The third-order valence-electron chi connectivity index (χ3n) is 3.97. The highest BCUT2D eigenvalue weighted by Gasteiger charge is 2.29. The lowest BCUT2D eigenvalue weighted by Crippen LogP contribution is -2.18. The van der Waals surface area contributed by atoms with Crippen LogP contribution in [0.3, 0.4) is 0 Å². The predicted molar refractivity (Wildman–Crippen MR) is 85.7 cm³/mol. The molecule has 4 heteroatoms. The molecule has 0 spiro atoms. The zero-order valence-corrected chi connectivity index (χ0v) is 12.4. The number of carbonyl (C=O) groups excluding carboxylic acids is 1. The highest BCUT2D eigenvalue weighted by atomic mass is 16.5. The van der Waals surface area contributed by atoms with Crippen molar-refractivity contribution in [1.82, 2.24) is 0 Å². The number of allylic oxidation sites excluding steroid dienone is 1. The first-order valence-electron chi connectivity index (χ1n) is 7.36. The summed E-state index contributed by atoms with van der Waals surface area (Å²) in [6.07, 6.45) is 3.53. The fourth-order valence-corrected chi connectivity index (χ4v) is 2.75. The average Bonchev–Trinajstić information content (AvgIpc) is 2.83. The third-order valence-corrected chi connectivity index (χ3v) is 3.97. The molecule has 2 aromatic carbocycles. The van der Waals surface area contributed by atoms with Crippen LogP contribution in [-0.2, 0) is 0 Å². The Morgan fingerprint density at radius 1 is 1.13 bits per heavy atom. The second kappa shape index (κ2) is 5.02. The lowest BCUT2D eigenvalue weighted by molar-refractivity contribution is 0.101. The van der Waals surface area contributed by atoms with Crippen molar-refractivity contribution >= 4 is 11.9 Å². The van der Waals surface area contributed by atoms with Gasteiger partial charge in [0.05, 0.1) is 5.56 Å². The second-order valence-corrected chi connectivity index (χ2v) is 5.56. The topological polar surface area (TPSA) is 55.8 Å². The van der Waals surface area contributed by atoms with E-state index in [9.17, 15) is 9.90 Å². The van der Waals surface area contributed by atoms with E-state index in [1.807, 2.05) is 37.3 Å². The summed E-state index contributed by atoms with van der Waals surface area (Å²) in [5, 5.41) is 9.50. The summed E-state index contributed by atoms with van der Waals surface area (Å²) in [6, 6.07) is 12.2. The number of ether oxygens (including phenoxy) is 2. The van der Waals surface area contributed by atoms with Crippen LogP contribution in [-0.4, -0.2) is 17.0 Å². The molecule has 0 aromatic heterocycles.